The number of esters is 2. The first-order valence-electron chi connectivity index (χ1n) is 10.6. The van der Waals surface area contributed by atoms with Crippen molar-refractivity contribution in [3.8, 4) is 0 Å². The van der Waals surface area contributed by atoms with Gasteiger partial charge in [-0.3, -0.25) is 19.2 Å². The molecule has 0 radical (unpaired) electrons. The Morgan fingerprint density at radius 1 is 0.676 bits per heavy atom. The van der Waals surface area contributed by atoms with Gasteiger partial charge in [-0.05, 0) is 0 Å². The molecule has 0 saturated heterocycles. The lowest BCUT2D eigenvalue weighted by Crippen LogP contribution is -2.82. The molecule has 2 aliphatic heterocycles. The van der Waals surface area contributed by atoms with E-state index in [0.717, 1.165) is 14.2 Å². The number of benzene rings is 2. The summed E-state index contributed by atoms with van der Waals surface area (Å²) in [5.41, 5.74) is -2.94. The average molecular weight is 460 g/mol. The Bertz CT molecular complexity index is 1150. The average Bonchev–Trinajstić information content (AvgIpc) is 3.40. The highest BCUT2D eigenvalue weighted by molar-refractivity contribution is 6.20. The van der Waals surface area contributed by atoms with Gasteiger partial charge in [0.2, 0.25) is 22.8 Å². The highest BCUT2D eigenvalue weighted by Crippen LogP contribution is 2.64. The summed E-state index contributed by atoms with van der Waals surface area (Å²) in [6, 6.07) is 17.5. The molecular weight excluding hydrogens is 440 g/mol. The lowest BCUT2D eigenvalue weighted by molar-refractivity contribution is -0.254. The molecule has 2 aromatic rings. The highest BCUT2D eigenvalue weighted by atomic mass is 16.6. The molecule has 5 rings (SSSR count). The molecule has 0 unspecified atom stereocenters. The Morgan fingerprint density at radius 3 is 1.35 bits per heavy atom. The molecule has 1 saturated carbocycles. The number of ether oxygens (including phenoxy) is 4. The van der Waals surface area contributed by atoms with Crippen LogP contribution in [-0.2, 0) is 38.1 Å². The van der Waals surface area contributed by atoms with Crippen LogP contribution in [-0.4, -0.2) is 48.9 Å². The Kier molecular flexibility index (Phi) is 4.89. The maximum Gasteiger partial charge on any atom is 0.317 e. The van der Waals surface area contributed by atoms with E-state index in [-0.39, 0.29) is 11.5 Å². The molecular formula is C26H20O8. The van der Waals surface area contributed by atoms with Crippen molar-refractivity contribution in [3.63, 3.8) is 0 Å². The number of rotatable bonds is 4. The summed E-state index contributed by atoms with van der Waals surface area (Å²) in [4.78, 5) is 53.0. The van der Waals surface area contributed by atoms with Crippen molar-refractivity contribution < 1.29 is 38.1 Å². The summed E-state index contributed by atoms with van der Waals surface area (Å²) >= 11 is 0. The summed E-state index contributed by atoms with van der Waals surface area (Å²) < 4.78 is 22.1. The van der Waals surface area contributed by atoms with Crippen molar-refractivity contribution in [2.75, 3.05) is 14.2 Å². The Labute approximate surface area is 194 Å². The summed E-state index contributed by atoms with van der Waals surface area (Å²) in [5, 5.41) is 0. The van der Waals surface area contributed by atoms with Gasteiger partial charge >= 0.3 is 11.9 Å². The minimum atomic E-state index is -2.04. The van der Waals surface area contributed by atoms with E-state index in [4.69, 9.17) is 18.9 Å². The maximum absolute atomic E-state index is 13.4. The zero-order valence-corrected chi connectivity index (χ0v) is 18.3. The van der Waals surface area contributed by atoms with Crippen LogP contribution in [0.5, 0.6) is 0 Å². The van der Waals surface area contributed by atoms with Gasteiger partial charge in [-0.25, -0.2) is 0 Å². The molecule has 2 spiro atoms. The van der Waals surface area contributed by atoms with Crippen LogP contribution in [0.15, 0.2) is 72.8 Å². The van der Waals surface area contributed by atoms with Crippen LogP contribution < -0.4 is 0 Å². The summed E-state index contributed by atoms with van der Waals surface area (Å²) in [6.07, 6.45) is 2.44. The predicted molar refractivity (Wildman–Crippen MR) is 117 cm³/mol. The van der Waals surface area contributed by atoms with Crippen LogP contribution in [0.3, 0.4) is 0 Å². The molecule has 172 valence electrons. The maximum atomic E-state index is 13.4. The first-order chi connectivity index (χ1) is 16.4. The van der Waals surface area contributed by atoms with E-state index in [9.17, 15) is 19.2 Å². The molecule has 0 aromatic heterocycles. The van der Waals surface area contributed by atoms with E-state index < -0.39 is 46.5 Å². The van der Waals surface area contributed by atoms with Gasteiger partial charge in [-0.1, -0.05) is 60.7 Å². The number of ketones is 2. The molecule has 3 aliphatic rings. The Hall–Kier alpha value is -4.20. The predicted octanol–water partition coefficient (Wildman–Crippen LogP) is 2.34. The molecule has 2 aromatic carbocycles. The first-order valence-corrected chi connectivity index (χ1v) is 10.6. The first kappa shape index (κ1) is 21.6. The number of hydrogen-bond donors (Lipinski definition) is 0. The number of methoxy groups -OCH3 is 2. The second-order valence-electron chi connectivity index (χ2n) is 8.18. The number of hydrogen-bond acceptors (Lipinski definition) is 8. The third-order valence-electron chi connectivity index (χ3n) is 6.56. The van der Waals surface area contributed by atoms with Gasteiger partial charge < -0.3 is 18.9 Å². The molecule has 8 heteroatoms. The number of carbonyl (C=O) groups excluding carboxylic acids is 4. The molecule has 0 atom stereocenters. The number of carbonyl (C=O) groups is 4. The topological polar surface area (TPSA) is 105 Å². The molecule has 0 amide bonds. The lowest BCUT2D eigenvalue weighted by atomic mass is 9.47. The second kappa shape index (κ2) is 7.69. The van der Waals surface area contributed by atoms with Crippen molar-refractivity contribution in [2.24, 2.45) is 11.8 Å². The zero-order valence-electron chi connectivity index (χ0n) is 18.3. The smallest absolute Gasteiger partial charge is 0.317 e. The van der Waals surface area contributed by atoms with E-state index in [1.54, 1.807) is 60.7 Å². The SMILES string of the molecule is COC(=O)C1C2(OC(c3ccccc3)=CC2=O)C(C(=O)OC)C12OC(c1ccccc1)=CC2=O. The largest absolute Gasteiger partial charge is 0.476 e. The minimum Gasteiger partial charge on any atom is -0.476 e. The van der Waals surface area contributed by atoms with Crippen LogP contribution in [0.1, 0.15) is 11.1 Å². The minimum absolute atomic E-state index is 0.171. The van der Waals surface area contributed by atoms with Crippen LogP contribution in [0, 0.1) is 11.8 Å². The van der Waals surface area contributed by atoms with E-state index >= 15 is 0 Å². The van der Waals surface area contributed by atoms with Gasteiger partial charge in [0.05, 0.1) is 14.2 Å². The third-order valence-corrected chi connectivity index (χ3v) is 6.56. The zero-order chi connectivity index (χ0) is 24.1. The van der Waals surface area contributed by atoms with E-state index in [2.05, 4.69) is 0 Å². The molecule has 34 heavy (non-hydrogen) atoms. The molecule has 0 bridgehead atoms. The fraction of sp³-hybridized carbons (Fsp3) is 0.231. The van der Waals surface area contributed by atoms with Crippen molar-refractivity contribution in [1.82, 2.24) is 0 Å². The van der Waals surface area contributed by atoms with Crippen LogP contribution in [0.2, 0.25) is 0 Å². The van der Waals surface area contributed by atoms with E-state index in [1.807, 2.05) is 0 Å². The molecule has 8 nitrogen and oxygen atoms in total. The molecule has 1 fully saturated rings. The van der Waals surface area contributed by atoms with Gasteiger partial charge in [-0.15, -0.1) is 0 Å². The van der Waals surface area contributed by atoms with Gasteiger partial charge in [0.1, 0.15) is 11.5 Å². The van der Waals surface area contributed by atoms with Gasteiger partial charge in [0, 0.05) is 23.3 Å². The quantitative estimate of drug-likeness (QED) is 0.641. The fourth-order valence-corrected chi connectivity index (χ4v) is 5.09. The monoisotopic (exact) mass is 460 g/mol. The standard InChI is InChI=1S/C26H20O8/c1-31-23(29)21-25(19(27)13-17(33-25)15-9-5-3-6-10-15)22(24(30)32-2)26(21)20(28)14-18(34-26)16-11-7-4-8-12-16/h3-14,21-22H,1-2H3. The van der Waals surface area contributed by atoms with Crippen molar-refractivity contribution >= 4 is 35.0 Å². The third kappa shape index (κ3) is 2.71. The van der Waals surface area contributed by atoms with Crippen LogP contribution in [0.4, 0.5) is 0 Å². The summed E-state index contributed by atoms with van der Waals surface area (Å²) in [6.45, 7) is 0. The van der Waals surface area contributed by atoms with Crippen molar-refractivity contribution in [2.45, 2.75) is 11.2 Å². The van der Waals surface area contributed by atoms with E-state index in [0.29, 0.717) is 11.1 Å². The molecule has 1 aliphatic carbocycles. The molecule has 2 heterocycles. The van der Waals surface area contributed by atoms with Gasteiger partial charge in [0.25, 0.3) is 0 Å². The summed E-state index contributed by atoms with van der Waals surface area (Å²) in [7, 11) is 2.26. The lowest BCUT2D eigenvalue weighted by Gasteiger charge is -2.58. The van der Waals surface area contributed by atoms with E-state index in [1.165, 1.54) is 12.2 Å². The Morgan fingerprint density at radius 2 is 1.03 bits per heavy atom. The van der Waals surface area contributed by atoms with Crippen LogP contribution >= 0.6 is 0 Å². The summed E-state index contributed by atoms with van der Waals surface area (Å²) in [5.74, 6) is -5.85. The van der Waals surface area contributed by atoms with Gasteiger partial charge in [0.15, 0.2) is 11.8 Å². The fourth-order valence-electron chi connectivity index (χ4n) is 5.09. The molecule has 0 N–H and O–H groups in total. The highest BCUT2D eigenvalue weighted by Gasteiger charge is 2.88. The van der Waals surface area contributed by atoms with Crippen molar-refractivity contribution in [1.29, 1.82) is 0 Å². The normalized spacial score (nSPS) is 29.1. The van der Waals surface area contributed by atoms with Crippen molar-refractivity contribution in [3.05, 3.63) is 83.9 Å². The van der Waals surface area contributed by atoms with Crippen LogP contribution in [0.25, 0.3) is 11.5 Å². The van der Waals surface area contributed by atoms with Gasteiger partial charge in [-0.2, -0.15) is 0 Å². The second-order valence-corrected chi connectivity index (χ2v) is 8.18. The Balaban J connectivity index is 1.62.